The van der Waals surface area contributed by atoms with Gasteiger partial charge in [-0.05, 0) is 77.6 Å². The van der Waals surface area contributed by atoms with Crippen molar-refractivity contribution in [3.8, 4) is 28.5 Å². The molecule has 2 aromatic heterocycles. The van der Waals surface area contributed by atoms with Crippen molar-refractivity contribution < 1.29 is 14.6 Å². The molecule has 216 valence electrons. The molecule has 3 aromatic rings. The first kappa shape index (κ1) is 28.8. The monoisotopic (exact) mass is 567 g/mol. The molecule has 40 heavy (non-hydrogen) atoms. The van der Waals surface area contributed by atoms with E-state index in [1.165, 1.54) is 0 Å². The van der Waals surface area contributed by atoms with Crippen molar-refractivity contribution in [2.75, 3.05) is 24.6 Å². The fraction of sp³-hybridized carbons (Fsp3) is 0.581. The Bertz CT molecular complexity index is 1370. The van der Waals surface area contributed by atoms with Crippen molar-refractivity contribution >= 4 is 17.4 Å². The van der Waals surface area contributed by atoms with E-state index in [1.807, 2.05) is 43.8 Å². The molecule has 9 heteroatoms. The summed E-state index contributed by atoms with van der Waals surface area (Å²) >= 11 is 6.73. The SMILES string of the molecule is CCC[C@@H](O)COc1ccc(Cl)c(-c2nc(-c3c(C)c(C)nn3C)c(C)c(N3CC4(CC(OC(C)C)C4)C3)n2)c1. The molecule has 1 aliphatic carbocycles. The van der Waals surface area contributed by atoms with Gasteiger partial charge in [0.25, 0.3) is 0 Å². The average molecular weight is 568 g/mol. The van der Waals surface area contributed by atoms with Crippen molar-refractivity contribution in [3.63, 3.8) is 0 Å². The summed E-state index contributed by atoms with van der Waals surface area (Å²) in [7, 11) is 1.96. The van der Waals surface area contributed by atoms with E-state index in [2.05, 4.69) is 37.7 Å². The van der Waals surface area contributed by atoms with Gasteiger partial charge in [-0.15, -0.1) is 0 Å². The highest BCUT2D eigenvalue weighted by Crippen LogP contribution is 2.51. The molecule has 3 heterocycles. The van der Waals surface area contributed by atoms with Gasteiger partial charge in [0.1, 0.15) is 18.2 Å². The van der Waals surface area contributed by atoms with Gasteiger partial charge in [0.2, 0.25) is 0 Å². The molecular formula is C31H42ClN5O3. The highest BCUT2D eigenvalue weighted by atomic mass is 35.5. The van der Waals surface area contributed by atoms with Crippen molar-refractivity contribution in [1.82, 2.24) is 19.7 Å². The number of anilines is 1. The Morgan fingerprint density at radius 3 is 2.48 bits per heavy atom. The fourth-order valence-electron chi connectivity index (χ4n) is 6.19. The lowest BCUT2D eigenvalue weighted by Gasteiger charge is -2.59. The Morgan fingerprint density at radius 1 is 1.12 bits per heavy atom. The number of halogens is 1. The number of hydrogen-bond donors (Lipinski definition) is 1. The van der Waals surface area contributed by atoms with Crippen LogP contribution in [0.15, 0.2) is 18.2 Å². The van der Waals surface area contributed by atoms with Crippen molar-refractivity contribution in [2.24, 2.45) is 12.5 Å². The third-order valence-corrected chi connectivity index (χ3v) is 8.58. The summed E-state index contributed by atoms with van der Waals surface area (Å²) in [4.78, 5) is 12.5. The van der Waals surface area contributed by atoms with Crippen LogP contribution >= 0.6 is 11.6 Å². The van der Waals surface area contributed by atoms with E-state index in [0.717, 1.165) is 66.4 Å². The van der Waals surface area contributed by atoms with Gasteiger partial charge in [0.05, 0.1) is 40.4 Å². The zero-order valence-electron chi connectivity index (χ0n) is 24.8. The first-order valence-electron chi connectivity index (χ1n) is 14.4. The van der Waals surface area contributed by atoms with Gasteiger partial charge in [-0.25, -0.2) is 9.97 Å². The molecule has 0 amide bonds. The number of aryl methyl sites for hydroxylation is 2. The second-order valence-electron chi connectivity index (χ2n) is 12.0. The largest absolute Gasteiger partial charge is 0.491 e. The van der Waals surface area contributed by atoms with E-state index in [4.69, 9.17) is 31.0 Å². The maximum absolute atomic E-state index is 10.2. The molecule has 1 spiro atoms. The van der Waals surface area contributed by atoms with Crippen LogP contribution in [0.25, 0.3) is 22.8 Å². The minimum Gasteiger partial charge on any atom is -0.491 e. The van der Waals surface area contributed by atoms with Crippen LogP contribution in [0.5, 0.6) is 5.75 Å². The van der Waals surface area contributed by atoms with Crippen LogP contribution < -0.4 is 9.64 Å². The smallest absolute Gasteiger partial charge is 0.163 e. The summed E-state index contributed by atoms with van der Waals surface area (Å²) in [6, 6.07) is 5.50. The third-order valence-electron chi connectivity index (χ3n) is 8.25. The maximum atomic E-state index is 10.2. The summed E-state index contributed by atoms with van der Waals surface area (Å²) in [5.41, 5.74) is 5.96. The molecule has 1 aromatic carbocycles. The molecule has 0 unspecified atom stereocenters. The van der Waals surface area contributed by atoms with Gasteiger partial charge in [-0.2, -0.15) is 5.10 Å². The summed E-state index contributed by atoms with van der Waals surface area (Å²) < 4.78 is 13.9. The molecule has 1 atom stereocenters. The molecular weight excluding hydrogens is 526 g/mol. The van der Waals surface area contributed by atoms with Gasteiger partial charge < -0.3 is 19.5 Å². The Morgan fingerprint density at radius 2 is 1.85 bits per heavy atom. The first-order chi connectivity index (χ1) is 19.0. The molecule has 8 nitrogen and oxygen atoms in total. The summed E-state index contributed by atoms with van der Waals surface area (Å²) in [6.07, 6.45) is 3.90. The minimum atomic E-state index is -0.509. The van der Waals surface area contributed by atoms with Gasteiger partial charge in [-0.1, -0.05) is 24.9 Å². The summed E-state index contributed by atoms with van der Waals surface area (Å²) in [5.74, 6) is 2.11. The second kappa shape index (κ2) is 11.3. The lowest BCUT2D eigenvalue weighted by molar-refractivity contribution is -0.114. The van der Waals surface area contributed by atoms with Crippen LogP contribution in [0.1, 0.15) is 63.3 Å². The van der Waals surface area contributed by atoms with Gasteiger partial charge in [-0.3, -0.25) is 4.68 Å². The molecule has 1 saturated carbocycles. The molecule has 2 fully saturated rings. The van der Waals surface area contributed by atoms with E-state index in [0.29, 0.717) is 40.1 Å². The first-order valence-corrected chi connectivity index (χ1v) is 14.8. The molecule has 5 rings (SSSR count). The standard InChI is InChI=1S/C31H42ClN5O3/c1-8-9-22(38)15-39-23-10-11-26(32)25(12-23)29-33-27(28-19(4)21(6)35-36(28)7)20(5)30(34-29)37-16-31(17-37)13-24(14-31)40-18(2)3/h10-12,18,22,24,38H,8-9,13-17H2,1-7H3/t22-/m1/s1. The number of nitrogens with zero attached hydrogens (tertiary/aromatic N) is 5. The maximum Gasteiger partial charge on any atom is 0.163 e. The Balaban J connectivity index is 1.50. The predicted molar refractivity (Wildman–Crippen MR) is 159 cm³/mol. The number of aliphatic hydroxyl groups excluding tert-OH is 1. The highest BCUT2D eigenvalue weighted by Gasteiger charge is 2.53. The van der Waals surface area contributed by atoms with Crippen LogP contribution in [0.3, 0.4) is 0 Å². The summed E-state index contributed by atoms with van der Waals surface area (Å²) in [5, 5.41) is 15.4. The molecule has 0 radical (unpaired) electrons. The number of ether oxygens (including phenoxy) is 2. The molecule has 0 bridgehead atoms. The van der Waals surface area contributed by atoms with Gasteiger partial charge >= 0.3 is 0 Å². The van der Waals surface area contributed by atoms with Crippen molar-refractivity contribution in [3.05, 3.63) is 40.0 Å². The van der Waals surface area contributed by atoms with Crippen LogP contribution in [0.4, 0.5) is 5.82 Å². The number of aliphatic hydroxyl groups is 1. The molecule has 1 aliphatic heterocycles. The number of rotatable bonds is 10. The number of hydrogen-bond acceptors (Lipinski definition) is 7. The molecule has 1 N–H and O–H groups in total. The van der Waals surface area contributed by atoms with E-state index in [9.17, 15) is 5.11 Å². The summed E-state index contributed by atoms with van der Waals surface area (Å²) in [6.45, 7) is 14.6. The van der Waals surface area contributed by atoms with Crippen molar-refractivity contribution in [1.29, 1.82) is 0 Å². The third kappa shape index (κ3) is 5.58. The quantitative estimate of drug-likeness (QED) is 0.319. The van der Waals surface area contributed by atoms with Crippen LogP contribution in [0.2, 0.25) is 5.02 Å². The average Bonchev–Trinajstić information content (AvgIpc) is 3.10. The van der Waals surface area contributed by atoms with E-state index < -0.39 is 6.10 Å². The van der Waals surface area contributed by atoms with Gasteiger partial charge in [0.15, 0.2) is 5.82 Å². The van der Waals surface area contributed by atoms with E-state index >= 15 is 0 Å². The highest BCUT2D eigenvalue weighted by molar-refractivity contribution is 6.33. The number of aromatic nitrogens is 4. The zero-order valence-corrected chi connectivity index (χ0v) is 25.5. The zero-order chi connectivity index (χ0) is 28.8. The van der Waals surface area contributed by atoms with Crippen LogP contribution in [0, 0.1) is 26.2 Å². The lowest BCUT2D eigenvalue weighted by Crippen LogP contribution is -2.64. The van der Waals surface area contributed by atoms with E-state index in [1.54, 1.807) is 0 Å². The fourth-order valence-corrected chi connectivity index (χ4v) is 6.39. The Kier molecular flexibility index (Phi) is 8.15. The van der Waals surface area contributed by atoms with Crippen LogP contribution in [-0.2, 0) is 11.8 Å². The minimum absolute atomic E-state index is 0.227. The lowest BCUT2D eigenvalue weighted by atomic mass is 9.61. The van der Waals surface area contributed by atoms with E-state index in [-0.39, 0.29) is 12.7 Å². The normalized spacial score (nSPS) is 17.3. The second-order valence-corrected chi connectivity index (χ2v) is 12.4. The van der Waals surface area contributed by atoms with Crippen LogP contribution in [-0.4, -0.2) is 62.9 Å². The molecule has 2 aliphatic rings. The Labute approximate surface area is 242 Å². The Hall–Kier alpha value is -2.68. The molecule has 1 saturated heterocycles. The topological polar surface area (TPSA) is 85.5 Å². The van der Waals surface area contributed by atoms with Crippen molar-refractivity contribution in [2.45, 2.75) is 85.5 Å². The predicted octanol–water partition coefficient (Wildman–Crippen LogP) is 6.06. The number of benzene rings is 1. The van der Waals surface area contributed by atoms with Gasteiger partial charge in [0, 0.05) is 36.7 Å².